The number of ether oxygens (including phenoxy) is 1. The molecular formula is C24H24N4O4. The molecule has 0 bridgehead atoms. The molecule has 3 aromatic rings. The van der Waals surface area contributed by atoms with Gasteiger partial charge < -0.3 is 24.8 Å². The Balaban J connectivity index is 1.29. The number of hydrogen-bond acceptors (Lipinski definition) is 4. The number of carbonyl (C=O) groups is 3. The molecular weight excluding hydrogens is 408 g/mol. The molecule has 8 heteroatoms. The highest BCUT2D eigenvalue weighted by Gasteiger charge is 2.38. The molecule has 1 fully saturated rings. The summed E-state index contributed by atoms with van der Waals surface area (Å²) in [5, 5.41) is 6.73. The number of anilines is 2. The predicted molar refractivity (Wildman–Crippen MR) is 121 cm³/mol. The Morgan fingerprint density at radius 1 is 1.22 bits per heavy atom. The Kier molecular flexibility index (Phi) is 5.05. The Labute approximate surface area is 185 Å². The van der Waals surface area contributed by atoms with Crippen molar-refractivity contribution >= 4 is 40.0 Å². The van der Waals surface area contributed by atoms with Crippen molar-refractivity contribution in [2.45, 2.75) is 31.8 Å². The highest BCUT2D eigenvalue weighted by molar-refractivity contribution is 6.11. The number of carbonyl (C=O) groups excluding carboxylic acids is 3. The van der Waals surface area contributed by atoms with Crippen LogP contribution in [0.2, 0.25) is 0 Å². The number of fused-ring (bicyclic) bond motifs is 3. The number of benzene rings is 2. The third-order valence-corrected chi connectivity index (χ3v) is 6.18. The zero-order chi connectivity index (χ0) is 22.2. The van der Waals surface area contributed by atoms with Crippen molar-refractivity contribution in [3.63, 3.8) is 0 Å². The van der Waals surface area contributed by atoms with E-state index in [1.807, 2.05) is 35.0 Å². The maximum absolute atomic E-state index is 13.0. The van der Waals surface area contributed by atoms with E-state index in [1.165, 1.54) is 0 Å². The van der Waals surface area contributed by atoms with Gasteiger partial charge in [-0.1, -0.05) is 6.07 Å². The lowest BCUT2D eigenvalue weighted by Crippen LogP contribution is -2.40. The lowest BCUT2D eigenvalue weighted by Gasteiger charge is -2.20. The van der Waals surface area contributed by atoms with E-state index in [1.54, 1.807) is 30.2 Å². The van der Waals surface area contributed by atoms with Gasteiger partial charge in [0, 0.05) is 36.8 Å². The molecule has 0 aliphatic carbocycles. The SMILES string of the molecule is COc1cccc2c1ccn2CCC(=O)Nc1ccc2c(c1)C(=O)N1CCC[C@@H]1C(=O)N2. The van der Waals surface area contributed by atoms with Crippen LogP contribution < -0.4 is 15.4 Å². The van der Waals surface area contributed by atoms with Gasteiger partial charge in [-0.15, -0.1) is 0 Å². The number of methoxy groups -OCH3 is 1. The van der Waals surface area contributed by atoms with Crippen LogP contribution in [-0.4, -0.2) is 46.9 Å². The minimum atomic E-state index is -0.414. The average molecular weight is 432 g/mol. The summed E-state index contributed by atoms with van der Waals surface area (Å²) < 4.78 is 7.41. The van der Waals surface area contributed by atoms with Gasteiger partial charge in [0.25, 0.3) is 5.91 Å². The summed E-state index contributed by atoms with van der Waals surface area (Å²) in [6.45, 7) is 1.08. The minimum Gasteiger partial charge on any atom is -0.496 e. The van der Waals surface area contributed by atoms with Gasteiger partial charge >= 0.3 is 0 Å². The van der Waals surface area contributed by atoms with E-state index in [0.29, 0.717) is 36.4 Å². The third kappa shape index (κ3) is 3.47. The van der Waals surface area contributed by atoms with Crippen molar-refractivity contribution in [1.82, 2.24) is 9.47 Å². The largest absolute Gasteiger partial charge is 0.496 e. The number of aryl methyl sites for hydroxylation is 1. The van der Waals surface area contributed by atoms with Gasteiger partial charge in [0.2, 0.25) is 11.8 Å². The predicted octanol–water partition coefficient (Wildman–Crippen LogP) is 3.24. The van der Waals surface area contributed by atoms with Crippen LogP contribution in [0, 0.1) is 0 Å². The van der Waals surface area contributed by atoms with Crippen LogP contribution in [0.5, 0.6) is 5.75 Å². The molecule has 2 aromatic carbocycles. The van der Waals surface area contributed by atoms with Gasteiger partial charge in [0.05, 0.1) is 23.9 Å². The number of nitrogens with one attached hydrogen (secondary N) is 2. The monoisotopic (exact) mass is 432 g/mol. The molecule has 3 amide bonds. The van der Waals surface area contributed by atoms with E-state index in [-0.39, 0.29) is 24.1 Å². The van der Waals surface area contributed by atoms with Crippen molar-refractivity contribution in [1.29, 1.82) is 0 Å². The fourth-order valence-electron chi connectivity index (χ4n) is 4.57. The van der Waals surface area contributed by atoms with Gasteiger partial charge in [-0.3, -0.25) is 14.4 Å². The highest BCUT2D eigenvalue weighted by Crippen LogP contribution is 2.31. The Morgan fingerprint density at radius 3 is 2.94 bits per heavy atom. The maximum atomic E-state index is 13.0. The molecule has 2 aliphatic heterocycles. The summed E-state index contributed by atoms with van der Waals surface area (Å²) in [6, 6.07) is 12.4. The van der Waals surface area contributed by atoms with Crippen molar-refractivity contribution in [3.05, 3.63) is 54.2 Å². The third-order valence-electron chi connectivity index (χ3n) is 6.18. The zero-order valence-corrected chi connectivity index (χ0v) is 17.8. The molecule has 32 heavy (non-hydrogen) atoms. The number of amides is 3. The van der Waals surface area contributed by atoms with Gasteiger partial charge in [-0.2, -0.15) is 0 Å². The first kappa shape index (κ1) is 20.1. The molecule has 0 spiro atoms. The number of hydrogen-bond donors (Lipinski definition) is 2. The summed E-state index contributed by atoms with van der Waals surface area (Å²) in [5.41, 5.74) is 2.43. The summed E-state index contributed by atoms with van der Waals surface area (Å²) >= 11 is 0. The van der Waals surface area contributed by atoms with Crippen LogP contribution in [0.15, 0.2) is 48.7 Å². The Morgan fingerprint density at radius 2 is 2.09 bits per heavy atom. The van der Waals surface area contributed by atoms with Crippen LogP contribution in [0.25, 0.3) is 10.9 Å². The average Bonchev–Trinajstić information content (AvgIpc) is 3.43. The quantitative estimate of drug-likeness (QED) is 0.647. The molecule has 0 unspecified atom stereocenters. The molecule has 0 radical (unpaired) electrons. The normalized spacial score (nSPS) is 17.5. The van der Waals surface area contributed by atoms with Crippen LogP contribution in [0.4, 0.5) is 11.4 Å². The fourth-order valence-corrected chi connectivity index (χ4v) is 4.57. The van der Waals surface area contributed by atoms with Crippen molar-refractivity contribution in [2.75, 3.05) is 24.3 Å². The summed E-state index contributed by atoms with van der Waals surface area (Å²) in [7, 11) is 1.64. The number of aromatic nitrogens is 1. The van der Waals surface area contributed by atoms with Gasteiger partial charge in [-0.25, -0.2) is 0 Å². The van der Waals surface area contributed by atoms with Gasteiger partial charge in [0.1, 0.15) is 11.8 Å². The van der Waals surface area contributed by atoms with E-state index in [4.69, 9.17) is 4.74 Å². The number of rotatable bonds is 5. The molecule has 0 saturated carbocycles. The number of nitrogens with zero attached hydrogens (tertiary/aromatic N) is 2. The molecule has 1 atom stereocenters. The van der Waals surface area contributed by atoms with E-state index >= 15 is 0 Å². The van der Waals surface area contributed by atoms with E-state index < -0.39 is 6.04 Å². The summed E-state index contributed by atoms with van der Waals surface area (Å²) in [6.07, 6.45) is 3.71. The van der Waals surface area contributed by atoms with Crippen LogP contribution >= 0.6 is 0 Å². The Bertz CT molecular complexity index is 1230. The van der Waals surface area contributed by atoms with Gasteiger partial charge in [-0.05, 0) is 49.2 Å². The first-order valence-corrected chi connectivity index (χ1v) is 10.7. The minimum absolute atomic E-state index is 0.151. The van der Waals surface area contributed by atoms with Crippen molar-refractivity contribution in [3.8, 4) is 5.75 Å². The van der Waals surface area contributed by atoms with Crippen molar-refractivity contribution in [2.24, 2.45) is 0 Å². The standard InChI is InChI=1S/C24H24N4O4/c1-32-21-6-2-4-19-16(21)9-12-27(19)13-10-22(29)25-15-7-8-18-17(14-15)24(31)28-11-3-5-20(28)23(30)26-18/h2,4,6-9,12,14,20H,3,5,10-11,13H2,1H3,(H,25,29)(H,26,30)/t20-/m1/s1. The Hall–Kier alpha value is -3.81. The maximum Gasteiger partial charge on any atom is 0.256 e. The van der Waals surface area contributed by atoms with Crippen molar-refractivity contribution < 1.29 is 19.1 Å². The molecule has 5 rings (SSSR count). The first-order valence-electron chi connectivity index (χ1n) is 10.7. The second kappa shape index (κ2) is 8.03. The molecule has 164 valence electrons. The fraction of sp³-hybridized carbons (Fsp3) is 0.292. The van der Waals surface area contributed by atoms with E-state index in [2.05, 4.69) is 10.6 Å². The molecule has 2 aliphatic rings. The molecule has 8 nitrogen and oxygen atoms in total. The molecule has 1 aromatic heterocycles. The van der Waals surface area contributed by atoms with Crippen LogP contribution in [-0.2, 0) is 16.1 Å². The summed E-state index contributed by atoms with van der Waals surface area (Å²) in [4.78, 5) is 39.6. The van der Waals surface area contributed by atoms with Crippen LogP contribution in [0.1, 0.15) is 29.6 Å². The second-order valence-corrected chi connectivity index (χ2v) is 8.11. The molecule has 2 N–H and O–H groups in total. The van der Waals surface area contributed by atoms with Gasteiger partial charge in [0.15, 0.2) is 0 Å². The summed E-state index contributed by atoms with van der Waals surface area (Å²) in [5.74, 6) is 0.318. The second-order valence-electron chi connectivity index (χ2n) is 8.11. The molecule has 3 heterocycles. The smallest absolute Gasteiger partial charge is 0.256 e. The van der Waals surface area contributed by atoms with E-state index in [0.717, 1.165) is 23.1 Å². The van der Waals surface area contributed by atoms with Crippen LogP contribution in [0.3, 0.4) is 0 Å². The lowest BCUT2D eigenvalue weighted by molar-refractivity contribution is -0.119. The van der Waals surface area contributed by atoms with E-state index in [9.17, 15) is 14.4 Å². The highest BCUT2D eigenvalue weighted by atomic mass is 16.5. The topological polar surface area (TPSA) is 92.7 Å². The molecule has 1 saturated heterocycles. The lowest BCUT2D eigenvalue weighted by atomic mass is 10.1. The first-order chi connectivity index (χ1) is 15.5. The zero-order valence-electron chi connectivity index (χ0n) is 17.8.